The molecule has 0 fully saturated rings. The number of fused-ring (bicyclic) bond motifs is 1. The largest absolute Gasteiger partial charge is 0.478 e. The Labute approximate surface area is 144 Å². The first-order chi connectivity index (χ1) is 12.2. The van der Waals surface area contributed by atoms with Gasteiger partial charge in [0.25, 0.3) is 0 Å². The molecule has 1 aliphatic heterocycles. The Morgan fingerprint density at radius 3 is 2.64 bits per heavy atom. The molecule has 4 rings (SSSR count). The summed E-state index contributed by atoms with van der Waals surface area (Å²) in [4.78, 5) is 26.5. The van der Waals surface area contributed by atoms with E-state index in [0.29, 0.717) is 17.3 Å². The van der Waals surface area contributed by atoms with E-state index in [9.17, 15) is 4.79 Å². The maximum atomic E-state index is 11.1. The molecule has 0 unspecified atom stereocenters. The van der Waals surface area contributed by atoms with Gasteiger partial charge in [-0.05, 0) is 35.7 Å². The second-order valence-corrected chi connectivity index (χ2v) is 5.92. The Balaban J connectivity index is 1.64. The summed E-state index contributed by atoms with van der Waals surface area (Å²) >= 11 is 0. The molecule has 0 bridgehead atoms. The van der Waals surface area contributed by atoms with Crippen LogP contribution in [0.3, 0.4) is 0 Å². The zero-order chi connectivity index (χ0) is 17.2. The second-order valence-electron chi connectivity index (χ2n) is 5.92. The number of aromatic carboxylic acids is 1. The number of aromatic nitrogens is 3. The maximum absolute atomic E-state index is 11.1. The monoisotopic (exact) mass is 332 g/mol. The topological polar surface area (TPSA) is 79.2 Å². The lowest BCUT2D eigenvalue weighted by atomic mass is 10.0. The summed E-state index contributed by atoms with van der Waals surface area (Å²) in [7, 11) is 0. The van der Waals surface area contributed by atoms with Crippen molar-refractivity contribution in [2.75, 3.05) is 11.4 Å². The van der Waals surface area contributed by atoms with Gasteiger partial charge in [0.2, 0.25) is 5.95 Å². The van der Waals surface area contributed by atoms with E-state index >= 15 is 0 Å². The molecule has 0 saturated carbocycles. The summed E-state index contributed by atoms with van der Waals surface area (Å²) in [6.07, 6.45) is 4.13. The molecule has 3 heterocycles. The van der Waals surface area contributed by atoms with Gasteiger partial charge in [-0.3, -0.25) is 4.98 Å². The van der Waals surface area contributed by atoms with Gasteiger partial charge in [0.15, 0.2) is 0 Å². The van der Waals surface area contributed by atoms with Gasteiger partial charge >= 0.3 is 5.97 Å². The molecule has 6 heteroatoms. The van der Waals surface area contributed by atoms with Crippen LogP contribution in [0.5, 0.6) is 0 Å². The van der Waals surface area contributed by atoms with E-state index in [4.69, 9.17) is 5.11 Å². The van der Waals surface area contributed by atoms with Crippen LogP contribution in [0.2, 0.25) is 0 Å². The van der Waals surface area contributed by atoms with Crippen LogP contribution in [0, 0.1) is 0 Å². The van der Waals surface area contributed by atoms with Crippen LogP contribution in [-0.4, -0.2) is 32.6 Å². The van der Waals surface area contributed by atoms with Gasteiger partial charge in [-0.15, -0.1) is 0 Å². The molecule has 3 aromatic rings. The highest BCUT2D eigenvalue weighted by molar-refractivity contribution is 5.88. The van der Waals surface area contributed by atoms with E-state index in [1.807, 2.05) is 6.07 Å². The van der Waals surface area contributed by atoms with E-state index in [-0.39, 0.29) is 5.56 Å². The molecular weight excluding hydrogens is 316 g/mol. The average Bonchev–Trinajstić information content (AvgIpc) is 2.68. The number of carbonyl (C=O) groups is 1. The number of hydrogen-bond acceptors (Lipinski definition) is 5. The van der Waals surface area contributed by atoms with Crippen molar-refractivity contribution in [2.45, 2.75) is 13.0 Å². The fourth-order valence-electron chi connectivity index (χ4n) is 3.01. The van der Waals surface area contributed by atoms with Crippen molar-refractivity contribution >= 4 is 11.9 Å². The number of pyridine rings is 1. The highest BCUT2D eigenvalue weighted by atomic mass is 16.4. The number of rotatable bonds is 3. The lowest BCUT2D eigenvalue weighted by Crippen LogP contribution is -2.31. The second kappa shape index (κ2) is 6.32. The molecule has 0 saturated heterocycles. The molecule has 0 radical (unpaired) electrons. The number of carboxylic acids is 1. The number of benzene rings is 1. The molecule has 25 heavy (non-hydrogen) atoms. The van der Waals surface area contributed by atoms with Crippen LogP contribution in [0.15, 0.2) is 54.9 Å². The van der Waals surface area contributed by atoms with Gasteiger partial charge < -0.3 is 10.0 Å². The summed E-state index contributed by atoms with van der Waals surface area (Å²) < 4.78 is 0. The van der Waals surface area contributed by atoms with Gasteiger partial charge in [0.05, 0.1) is 17.0 Å². The van der Waals surface area contributed by atoms with Crippen molar-refractivity contribution in [2.24, 2.45) is 0 Å². The van der Waals surface area contributed by atoms with E-state index in [0.717, 1.165) is 19.5 Å². The van der Waals surface area contributed by atoms with Crippen LogP contribution < -0.4 is 4.90 Å². The highest BCUT2D eigenvalue weighted by Gasteiger charge is 2.18. The molecule has 2 aromatic heterocycles. The van der Waals surface area contributed by atoms with Crippen molar-refractivity contribution in [3.05, 3.63) is 71.5 Å². The van der Waals surface area contributed by atoms with Crippen LogP contribution in [-0.2, 0) is 13.0 Å². The molecule has 0 atom stereocenters. The fourth-order valence-corrected chi connectivity index (χ4v) is 3.01. The van der Waals surface area contributed by atoms with E-state index < -0.39 is 5.97 Å². The molecule has 6 nitrogen and oxygen atoms in total. The van der Waals surface area contributed by atoms with Crippen molar-refractivity contribution in [3.8, 4) is 11.4 Å². The molecule has 0 aliphatic carbocycles. The quantitative estimate of drug-likeness (QED) is 0.794. The summed E-state index contributed by atoms with van der Waals surface area (Å²) in [5.74, 6) is -0.347. The SMILES string of the molecule is O=C(O)c1ccnc(-c2ccnc(N3CCc4ccccc4C3)n2)c1. The lowest BCUT2D eigenvalue weighted by molar-refractivity contribution is 0.0697. The van der Waals surface area contributed by atoms with Gasteiger partial charge in [0, 0.05) is 25.5 Å². The van der Waals surface area contributed by atoms with Crippen molar-refractivity contribution in [3.63, 3.8) is 0 Å². The number of anilines is 1. The Bertz CT molecular complexity index is 942. The predicted molar refractivity (Wildman–Crippen MR) is 93.4 cm³/mol. The smallest absolute Gasteiger partial charge is 0.335 e. The zero-order valence-corrected chi connectivity index (χ0v) is 13.5. The third-order valence-electron chi connectivity index (χ3n) is 4.33. The first-order valence-electron chi connectivity index (χ1n) is 8.05. The minimum atomic E-state index is -0.981. The number of hydrogen-bond donors (Lipinski definition) is 1. The van der Waals surface area contributed by atoms with Crippen LogP contribution >= 0.6 is 0 Å². The Hall–Kier alpha value is -3.28. The third-order valence-corrected chi connectivity index (χ3v) is 4.33. The Kier molecular flexibility index (Phi) is 3.85. The third kappa shape index (κ3) is 3.06. The summed E-state index contributed by atoms with van der Waals surface area (Å²) in [6, 6.07) is 13.1. The number of carboxylic acid groups (broad SMARTS) is 1. The zero-order valence-electron chi connectivity index (χ0n) is 13.5. The first kappa shape index (κ1) is 15.3. The molecule has 0 spiro atoms. The van der Waals surface area contributed by atoms with Gasteiger partial charge in [-0.2, -0.15) is 0 Å². The summed E-state index contributed by atoms with van der Waals surface area (Å²) in [5, 5.41) is 9.14. The molecule has 124 valence electrons. The van der Waals surface area contributed by atoms with Crippen LogP contribution in [0.1, 0.15) is 21.5 Å². The summed E-state index contributed by atoms with van der Waals surface area (Å²) in [5.41, 5.74) is 3.99. The minimum Gasteiger partial charge on any atom is -0.478 e. The summed E-state index contributed by atoms with van der Waals surface area (Å²) in [6.45, 7) is 1.62. The van der Waals surface area contributed by atoms with E-state index in [1.54, 1.807) is 12.3 Å². The lowest BCUT2D eigenvalue weighted by Gasteiger charge is -2.28. The molecule has 1 N–H and O–H groups in total. The van der Waals surface area contributed by atoms with Crippen molar-refractivity contribution in [1.29, 1.82) is 0 Å². The maximum Gasteiger partial charge on any atom is 0.335 e. The van der Waals surface area contributed by atoms with Gasteiger partial charge in [-0.25, -0.2) is 14.8 Å². The Morgan fingerprint density at radius 1 is 1.00 bits per heavy atom. The molecule has 1 aromatic carbocycles. The Morgan fingerprint density at radius 2 is 1.80 bits per heavy atom. The molecular formula is C19H16N4O2. The van der Waals surface area contributed by atoms with Crippen molar-refractivity contribution in [1.82, 2.24) is 15.0 Å². The van der Waals surface area contributed by atoms with E-state index in [1.165, 1.54) is 29.5 Å². The highest BCUT2D eigenvalue weighted by Crippen LogP contribution is 2.23. The van der Waals surface area contributed by atoms with Crippen LogP contribution in [0.4, 0.5) is 5.95 Å². The van der Waals surface area contributed by atoms with E-state index in [2.05, 4.69) is 38.1 Å². The molecule has 1 aliphatic rings. The van der Waals surface area contributed by atoms with Crippen LogP contribution in [0.25, 0.3) is 11.4 Å². The fraction of sp³-hybridized carbons (Fsp3) is 0.158. The number of nitrogens with zero attached hydrogens (tertiary/aromatic N) is 4. The first-order valence-corrected chi connectivity index (χ1v) is 8.05. The average molecular weight is 332 g/mol. The van der Waals surface area contributed by atoms with Crippen molar-refractivity contribution < 1.29 is 9.90 Å². The normalized spacial score (nSPS) is 13.4. The van der Waals surface area contributed by atoms with Gasteiger partial charge in [-0.1, -0.05) is 24.3 Å². The molecule has 0 amide bonds. The standard InChI is InChI=1S/C19H16N4O2/c24-18(25)14-5-8-20-17(11-14)16-6-9-21-19(22-16)23-10-7-13-3-1-2-4-15(13)12-23/h1-6,8-9,11H,7,10,12H2,(H,24,25). The van der Waals surface area contributed by atoms with Gasteiger partial charge in [0.1, 0.15) is 0 Å². The minimum absolute atomic E-state index is 0.192. The predicted octanol–water partition coefficient (Wildman–Crippen LogP) is 2.80.